The number of hydrogen-bond acceptors (Lipinski definition) is 13. The van der Waals surface area contributed by atoms with E-state index in [4.69, 9.17) is 61.6 Å². The number of methoxy groups -OCH3 is 1. The minimum absolute atomic E-state index is 0.513. The van der Waals surface area contributed by atoms with E-state index >= 15 is 0 Å². The number of hydrogen-bond donors (Lipinski definition) is 0. The summed E-state index contributed by atoms with van der Waals surface area (Å²) < 4.78 is 69.7. The van der Waals surface area contributed by atoms with Crippen LogP contribution in [0.2, 0.25) is 0 Å². The van der Waals surface area contributed by atoms with Crippen LogP contribution in [0.1, 0.15) is 0 Å². The maximum absolute atomic E-state index is 5.47. The topological polar surface area (TPSA) is 120 Å². The third kappa shape index (κ3) is 39.2. The third-order valence-corrected chi connectivity index (χ3v) is 4.76. The molecule has 41 heavy (non-hydrogen) atoms. The highest BCUT2D eigenvalue weighted by Gasteiger charge is 1.96. The zero-order valence-electron chi connectivity index (χ0n) is 25.3. The van der Waals surface area contributed by atoms with E-state index in [9.17, 15) is 0 Å². The number of rotatable bonds is 38. The summed E-state index contributed by atoms with van der Waals surface area (Å²) in [6.45, 7) is 16.9. The lowest BCUT2D eigenvalue weighted by atomic mass is 10.6. The molecular formula is C28H56O13. The molecule has 0 aliphatic rings. The lowest BCUT2D eigenvalue weighted by Gasteiger charge is -2.09. The summed E-state index contributed by atoms with van der Waals surface area (Å²) >= 11 is 0. The third-order valence-electron chi connectivity index (χ3n) is 4.76. The van der Waals surface area contributed by atoms with Gasteiger partial charge in [-0.3, -0.25) is 0 Å². The molecule has 13 heteroatoms. The summed E-state index contributed by atoms with van der Waals surface area (Å²) in [5, 5.41) is 0. The molecule has 0 unspecified atom stereocenters. The highest BCUT2D eigenvalue weighted by molar-refractivity contribution is 4.63. The van der Waals surface area contributed by atoms with Gasteiger partial charge < -0.3 is 61.6 Å². The molecule has 0 N–H and O–H groups in total. The lowest BCUT2D eigenvalue weighted by molar-refractivity contribution is -0.0286. The maximum Gasteiger partial charge on any atom is 0.0704 e. The Morgan fingerprint density at radius 1 is 0.293 bits per heavy atom. The van der Waals surface area contributed by atoms with Gasteiger partial charge in [-0.2, -0.15) is 0 Å². The van der Waals surface area contributed by atoms with E-state index in [0.717, 1.165) is 0 Å². The second-order valence-corrected chi connectivity index (χ2v) is 8.09. The average Bonchev–Trinajstić information content (AvgIpc) is 2.98. The molecule has 0 amide bonds. The zero-order chi connectivity index (χ0) is 29.6. The quantitative estimate of drug-likeness (QED) is 0.0742. The van der Waals surface area contributed by atoms with Gasteiger partial charge in [-0.25, -0.2) is 0 Å². The van der Waals surface area contributed by atoms with Crippen LogP contribution in [0.15, 0.2) is 12.7 Å². The van der Waals surface area contributed by atoms with E-state index in [-0.39, 0.29) is 0 Å². The van der Waals surface area contributed by atoms with E-state index in [1.165, 1.54) is 0 Å². The van der Waals surface area contributed by atoms with Crippen molar-refractivity contribution in [1.29, 1.82) is 0 Å². The lowest BCUT2D eigenvalue weighted by Crippen LogP contribution is -2.15. The van der Waals surface area contributed by atoms with Gasteiger partial charge in [0.15, 0.2) is 0 Å². The Bertz CT molecular complexity index is 474. The fraction of sp³-hybridized carbons (Fsp3) is 0.929. The molecule has 13 nitrogen and oxygen atoms in total. The van der Waals surface area contributed by atoms with Gasteiger partial charge in [-0.15, -0.1) is 6.58 Å². The first-order valence-electron chi connectivity index (χ1n) is 14.4. The van der Waals surface area contributed by atoms with Crippen molar-refractivity contribution in [2.24, 2.45) is 0 Å². The van der Waals surface area contributed by atoms with Gasteiger partial charge in [0, 0.05) is 7.11 Å². The van der Waals surface area contributed by atoms with Gasteiger partial charge in [0.25, 0.3) is 0 Å². The predicted octanol–water partition coefficient (Wildman–Crippen LogP) is 1.02. The first-order valence-corrected chi connectivity index (χ1v) is 14.4. The first-order chi connectivity index (χ1) is 20.4. The Labute approximate surface area is 246 Å². The van der Waals surface area contributed by atoms with E-state index in [2.05, 4.69) is 6.58 Å². The van der Waals surface area contributed by atoms with Crippen LogP contribution in [0, 0.1) is 0 Å². The fourth-order valence-corrected chi connectivity index (χ4v) is 2.73. The molecule has 0 aliphatic carbocycles. The van der Waals surface area contributed by atoms with Gasteiger partial charge in [-0.05, 0) is 0 Å². The molecule has 0 saturated carbocycles. The van der Waals surface area contributed by atoms with Gasteiger partial charge in [0.1, 0.15) is 0 Å². The Kier molecular flexibility index (Phi) is 38.5. The Balaban J connectivity index is 3.02. The molecule has 0 aliphatic heterocycles. The molecule has 0 radical (unpaired) electrons. The van der Waals surface area contributed by atoms with E-state index in [1.807, 2.05) is 0 Å². The van der Waals surface area contributed by atoms with Crippen molar-refractivity contribution in [2.75, 3.05) is 172 Å². The molecule has 0 aromatic rings. The monoisotopic (exact) mass is 600 g/mol. The van der Waals surface area contributed by atoms with Crippen molar-refractivity contribution in [1.82, 2.24) is 0 Å². The largest absolute Gasteiger partial charge is 0.382 e. The normalized spacial score (nSPS) is 11.4. The Morgan fingerprint density at radius 3 is 0.634 bits per heavy atom. The van der Waals surface area contributed by atoms with Gasteiger partial charge in [0.2, 0.25) is 0 Å². The molecule has 246 valence electrons. The standard InChI is InChI=1S/C28H56O13/c1-3-4-30-7-8-32-11-12-34-15-16-36-19-20-38-23-24-40-27-28-41-26-25-39-22-21-37-18-17-35-14-13-33-10-9-31-6-5-29-2/h3H,1,4-28H2,2H3. The Hall–Kier alpha value is -0.780. The molecule has 0 spiro atoms. The molecule has 0 fully saturated rings. The second kappa shape index (κ2) is 39.2. The molecule has 0 rings (SSSR count). The van der Waals surface area contributed by atoms with Crippen LogP contribution in [0.3, 0.4) is 0 Å². The fourth-order valence-electron chi connectivity index (χ4n) is 2.73. The highest BCUT2D eigenvalue weighted by Crippen LogP contribution is 1.87. The van der Waals surface area contributed by atoms with Crippen molar-refractivity contribution in [3.63, 3.8) is 0 Å². The summed E-state index contributed by atoms with van der Waals surface area (Å²) in [6, 6.07) is 0. The van der Waals surface area contributed by atoms with Gasteiger partial charge in [0.05, 0.1) is 165 Å². The second-order valence-electron chi connectivity index (χ2n) is 8.09. The van der Waals surface area contributed by atoms with Crippen LogP contribution in [0.4, 0.5) is 0 Å². The minimum Gasteiger partial charge on any atom is -0.382 e. The molecule has 0 aromatic carbocycles. The maximum atomic E-state index is 5.47. The molecule has 0 aromatic heterocycles. The smallest absolute Gasteiger partial charge is 0.0704 e. The highest BCUT2D eigenvalue weighted by atomic mass is 16.6. The SMILES string of the molecule is C=CCOCCOCCOCCOCCOCCOCCOCCOCCOCCOCCOCCOCCOC. The van der Waals surface area contributed by atoms with Crippen molar-refractivity contribution >= 4 is 0 Å². The first kappa shape index (κ1) is 40.2. The molecule has 0 bridgehead atoms. The van der Waals surface area contributed by atoms with Crippen molar-refractivity contribution in [3.05, 3.63) is 12.7 Å². The van der Waals surface area contributed by atoms with E-state index in [0.29, 0.717) is 165 Å². The van der Waals surface area contributed by atoms with E-state index < -0.39 is 0 Å². The zero-order valence-corrected chi connectivity index (χ0v) is 25.3. The summed E-state index contributed by atoms with van der Waals surface area (Å²) in [4.78, 5) is 0. The summed E-state index contributed by atoms with van der Waals surface area (Å²) in [7, 11) is 1.65. The molecule has 0 heterocycles. The van der Waals surface area contributed by atoms with Crippen LogP contribution >= 0.6 is 0 Å². The van der Waals surface area contributed by atoms with Gasteiger partial charge in [-0.1, -0.05) is 6.08 Å². The van der Waals surface area contributed by atoms with E-state index in [1.54, 1.807) is 13.2 Å². The number of ether oxygens (including phenoxy) is 13. The van der Waals surface area contributed by atoms with Crippen molar-refractivity contribution in [3.8, 4) is 0 Å². The molecule has 0 saturated heterocycles. The molecule has 0 atom stereocenters. The Morgan fingerprint density at radius 2 is 0.463 bits per heavy atom. The van der Waals surface area contributed by atoms with Gasteiger partial charge >= 0.3 is 0 Å². The molecular weight excluding hydrogens is 544 g/mol. The summed E-state index contributed by atoms with van der Waals surface area (Å²) in [6.07, 6.45) is 1.71. The minimum atomic E-state index is 0.513. The van der Waals surface area contributed by atoms with Crippen LogP contribution in [-0.2, 0) is 61.6 Å². The average molecular weight is 601 g/mol. The van der Waals surface area contributed by atoms with Crippen LogP contribution in [0.25, 0.3) is 0 Å². The van der Waals surface area contributed by atoms with Crippen LogP contribution in [0.5, 0.6) is 0 Å². The summed E-state index contributed by atoms with van der Waals surface area (Å²) in [5.74, 6) is 0. The predicted molar refractivity (Wildman–Crippen MR) is 152 cm³/mol. The van der Waals surface area contributed by atoms with Crippen molar-refractivity contribution in [2.45, 2.75) is 0 Å². The summed E-state index contributed by atoms with van der Waals surface area (Å²) in [5.41, 5.74) is 0. The van der Waals surface area contributed by atoms with Crippen LogP contribution in [-0.4, -0.2) is 172 Å². The van der Waals surface area contributed by atoms with Crippen molar-refractivity contribution < 1.29 is 61.6 Å². The van der Waals surface area contributed by atoms with Crippen LogP contribution < -0.4 is 0 Å².